The largest absolute Gasteiger partial charge is 0.480 e. The SMILES string of the molecule is COc1nn(C)cc1C1CC(C)CN1Cc1ccc(Oc2ccc(C(N)=O)cc2F)cc1. The number of amides is 1. The predicted molar refractivity (Wildman–Crippen MR) is 118 cm³/mol. The number of nitrogens with zero attached hydrogens (tertiary/aromatic N) is 3. The minimum Gasteiger partial charge on any atom is -0.480 e. The molecule has 4 rings (SSSR count). The minimum absolute atomic E-state index is 0.0415. The van der Waals surface area contributed by atoms with Crippen LogP contribution in [0.3, 0.4) is 0 Å². The Hall–Kier alpha value is -3.39. The molecular formula is C24H27FN4O3. The topological polar surface area (TPSA) is 82.6 Å². The number of hydrogen-bond donors (Lipinski definition) is 1. The first-order valence-corrected chi connectivity index (χ1v) is 10.5. The van der Waals surface area contributed by atoms with Crippen molar-refractivity contribution in [3.05, 3.63) is 71.2 Å². The number of halogens is 1. The van der Waals surface area contributed by atoms with Crippen molar-refractivity contribution in [3.63, 3.8) is 0 Å². The quantitative estimate of drug-likeness (QED) is 0.602. The highest BCUT2D eigenvalue weighted by Crippen LogP contribution is 2.39. The van der Waals surface area contributed by atoms with Crippen molar-refractivity contribution in [3.8, 4) is 17.4 Å². The van der Waals surface area contributed by atoms with Crippen LogP contribution in [0.1, 0.15) is 40.9 Å². The summed E-state index contributed by atoms with van der Waals surface area (Å²) in [7, 11) is 3.55. The number of hydrogen-bond acceptors (Lipinski definition) is 5. The predicted octanol–water partition coefficient (Wildman–Crippen LogP) is 4.04. The molecule has 7 nitrogen and oxygen atoms in total. The minimum atomic E-state index is -0.682. The van der Waals surface area contributed by atoms with Crippen LogP contribution < -0.4 is 15.2 Å². The van der Waals surface area contributed by atoms with E-state index in [4.69, 9.17) is 15.2 Å². The fourth-order valence-electron chi connectivity index (χ4n) is 4.27. The van der Waals surface area contributed by atoms with Crippen LogP contribution in [0.2, 0.25) is 0 Å². The number of aryl methyl sites for hydroxylation is 1. The van der Waals surface area contributed by atoms with E-state index in [1.54, 1.807) is 11.8 Å². The lowest BCUT2D eigenvalue weighted by Crippen LogP contribution is -2.23. The molecule has 1 aliphatic heterocycles. The van der Waals surface area contributed by atoms with Gasteiger partial charge in [0.05, 0.1) is 12.7 Å². The lowest BCUT2D eigenvalue weighted by Gasteiger charge is -2.24. The first-order chi connectivity index (χ1) is 15.3. The van der Waals surface area contributed by atoms with Gasteiger partial charge in [-0.1, -0.05) is 19.1 Å². The summed E-state index contributed by atoms with van der Waals surface area (Å²) < 4.78 is 27.1. The van der Waals surface area contributed by atoms with E-state index in [9.17, 15) is 9.18 Å². The molecule has 0 aliphatic carbocycles. The van der Waals surface area contributed by atoms with Gasteiger partial charge in [0.1, 0.15) is 5.75 Å². The number of carbonyl (C=O) groups is 1. The molecule has 2 N–H and O–H groups in total. The Bertz CT molecular complexity index is 1110. The molecule has 1 amide bonds. The van der Waals surface area contributed by atoms with Gasteiger partial charge in [-0.15, -0.1) is 5.10 Å². The second kappa shape index (κ2) is 9.00. The summed E-state index contributed by atoms with van der Waals surface area (Å²) in [5, 5.41) is 4.41. The smallest absolute Gasteiger partial charge is 0.248 e. The molecule has 168 valence electrons. The van der Waals surface area contributed by atoms with Crippen molar-refractivity contribution in [1.29, 1.82) is 0 Å². The first-order valence-electron chi connectivity index (χ1n) is 10.5. The number of rotatable bonds is 7. The van der Waals surface area contributed by atoms with E-state index in [-0.39, 0.29) is 17.4 Å². The number of ether oxygens (including phenoxy) is 2. The Kier molecular flexibility index (Phi) is 6.14. The monoisotopic (exact) mass is 438 g/mol. The summed E-state index contributed by atoms with van der Waals surface area (Å²) in [4.78, 5) is 13.6. The summed E-state index contributed by atoms with van der Waals surface area (Å²) in [6, 6.07) is 11.7. The zero-order valence-electron chi connectivity index (χ0n) is 18.4. The van der Waals surface area contributed by atoms with Crippen molar-refractivity contribution >= 4 is 5.91 Å². The summed E-state index contributed by atoms with van der Waals surface area (Å²) in [6.07, 6.45) is 3.08. The molecule has 32 heavy (non-hydrogen) atoms. The standard InChI is InChI=1S/C24H27FN4O3/c1-15-10-21(19-14-28(2)27-24(19)31-3)29(12-15)13-16-4-7-18(8-5-16)32-22-9-6-17(23(26)30)11-20(22)25/h4-9,11,14-15,21H,10,12-13H2,1-3H3,(H2,26,30). The van der Waals surface area contributed by atoms with E-state index in [0.717, 1.165) is 36.7 Å². The fraction of sp³-hybridized carbons (Fsp3) is 0.333. The molecule has 2 unspecified atom stereocenters. The second-order valence-corrected chi connectivity index (χ2v) is 8.31. The normalized spacial score (nSPS) is 18.6. The molecule has 0 spiro atoms. The number of primary amides is 1. The van der Waals surface area contributed by atoms with E-state index in [1.807, 2.05) is 37.5 Å². The maximum absolute atomic E-state index is 14.2. The van der Waals surface area contributed by atoms with Gasteiger partial charge in [0.2, 0.25) is 11.8 Å². The highest BCUT2D eigenvalue weighted by Gasteiger charge is 2.33. The summed E-state index contributed by atoms with van der Waals surface area (Å²) in [5.74, 6) is 0.478. The van der Waals surface area contributed by atoms with Crippen LogP contribution in [-0.4, -0.2) is 34.2 Å². The van der Waals surface area contributed by atoms with Gasteiger partial charge in [-0.2, -0.15) is 0 Å². The van der Waals surface area contributed by atoms with Crippen molar-refractivity contribution in [1.82, 2.24) is 14.7 Å². The van der Waals surface area contributed by atoms with Crippen LogP contribution in [0, 0.1) is 11.7 Å². The van der Waals surface area contributed by atoms with Gasteiger partial charge in [0.25, 0.3) is 0 Å². The maximum atomic E-state index is 14.2. The van der Waals surface area contributed by atoms with Gasteiger partial charge < -0.3 is 15.2 Å². The molecule has 0 saturated carbocycles. The van der Waals surface area contributed by atoms with Gasteiger partial charge >= 0.3 is 0 Å². The number of likely N-dealkylation sites (tertiary alicyclic amines) is 1. The van der Waals surface area contributed by atoms with Gasteiger partial charge in [-0.05, 0) is 48.2 Å². The molecule has 1 aliphatic rings. The lowest BCUT2D eigenvalue weighted by molar-refractivity contribution is 0.1000. The van der Waals surface area contributed by atoms with E-state index in [2.05, 4.69) is 16.9 Å². The molecule has 8 heteroatoms. The van der Waals surface area contributed by atoms with Gasteiger partial charge in [0, 0.05) is 37.9 Å². The highest BCUT2D eigenvalue weighted by molar-refractivity contribution is 5.92. The van der Waals surface area contributed by atoms with Crippen molar-refractivity contribution in [2.45, 2.75) is 25.9 Å². The van der Waals surface area contributed by atoms with Crippen molar-refractivity contribution in [2.75, 3.05) is 13.7 Å². The van der Waals surface area contributed by atoms with Crippen LogP contribution in [0.5, 0.6) is 17.4 Å². The molecule has 2 aromatic carbocycles. The number of methoxy groups -OCH3 is 1. The Labute approximate surface area is 186 Å². The highest BCUT2D eigenvalue weighted by atomic mass is 19.1. The Morgan fingerprint density at radius 2 is 2.00 bits per heavy atom. The van der Waals surface area contributed by atoms with Crippen LogP contribution in [0.4, 0.5) is 4.39 Å². The first kappa shape index (κ1) is 21.8. The van der Waals surface area contributed by atoms with E-state index in [1.165, 1.54) is 12.1 Å². The van der Waals surface area contributed by atoms with Gasteiger partial charge in [-0.25, -0.2) is 4.39 Å². The number of benzene rings is 2. The molecule has 0 bridgehead atoms. The molecule has 1 aromatic heterocycles. The average Bonchev–Trinajstić information content (AvgIpc) is 3.32. The van der Waals surface area contributed by atoms with E-state index in [0.29, 0.717) is 17.5 Å². The average molecular weight is 439 g/mol. The van der Waals surface area contributed by atoms with Gasteiger partial charge in [-0.3, -0.25) is 14.4 Å². The Morgan fingerprint density at radius 3 is 2.66 bits per heavy atom. The third-order valence-electron chi connectivity index (χ3n) is 5.74. The third-order valence-corrected chi connectivity index (χ3v) is 5.74. The molecule has 1 saturated heterocycles. The molecule has 3 aromatic rings. The lowest BCUT2D eigenvalue weighted by atomic mass is 10.0. The third kappa shape index (κ3) is 4.60. The van der Waals surface area contributed by atoms with Crippen LogP contribution in [0.15, 0.2) is 48.7 Å². The number of carbonyl (C=O) groups excluding carboxylic acids is 1. The molecule has 1 fully saturated rings. The number of aromatic nitrogens is 2. The molecule has 2 atom stereocenters. The zero-order valence-corrected chi connectivity index (χ0v) is 18.4. The van der Waals surface area contributed by atoms with Crippen molar-refractivity contribution in [2.24, 2.45) is 18.7 Å². The van der Waals surface area contributed by atoms with Crippen LogP contribution in [0.25, 0.3) is 0 Å². The van der Waals surface area contributed by atoms with Crippen LogP contribution in [-0.2, 0) is 13.6 Å². The molecule has 2 heterocycles. The number of nitrogens with two attached hydrogens (primary N) is 1. The summed E-state index contributed by atoms with van der Waals surface area (Å²) in [6.45, 7) is 4.01. The Balaban J connectivity index is 1.46. The van der Waals surface area contributed by atoms with E-state index < -0.39 is 11.7 Å². The summed E-state index contributed by atoms with van der Waals surface area (Å²) in [5.41, 5.74) is 7.52. The van der Waals surface area contributed by atoms with Crippen LogP contribution >= 0.6 is 0 Å². The van der Waals surface area contributed by atoms with E-state index >= 15 is 0 Å². The fourth-order valence-corrected chi connectivity index (χ4v) is 4.27. The zero-order chi connectivity index (χ0) is 22.8. The molecular weight excluding hydrogens is 411 g/mol. The second-order valence-electron chi connectivity index (χ2n) is 8.31. The maximum Gasteiger partial charge on any atom is 0.248 e. The van der Waals surface area contributed by atoms with Crippen molar-refractivity contribution < 1.29 is 18.7 Å². The summed E-state index contributed by atoms with van der Waals surface area (Å²) >= 11 is 0. The Morgan fingerprint density at radius 1 is 1.25 bits per heavy atom. The molecule has 0 radical (unpaired) electrons. The van der Waals surface area contributed by atoms with Gasteiger partial charge in [0.15, 0.2) is 11.6 Å².